The third-order valence-electron chi connectivity index (χ3n) is 15.8. The molecule has 0 saturated carbocycles. The van der Waals surface area contributed by atoms with E-state index in [0.717, 1.165) is 74.6 Å². The van der Waals surface area contributed by atoms with Gasteiger partial charge in [-0.1, -0.05) is 143 Å². The number of para-hydroxylation sites is 6. The second-order valence-electron chi connectivity index (χ2n) is 20.4. The molecule has 6 nitrogen and oxygen atoms in total. The number of hydrogen-bond donors (Lipinski definition) is 0. The summed E-state index contributed by atoms with van der Waals surface area (Å²) in [6.45, 7) is 13.1. The summed E-state index contributed by atoms with van der Waals surface area (Å²) in [5.74, 6) is 0. The van der Waals surface area contributed by atoms with Crippen molar-refractivity contribution < 1.29 is 0 Å². The van der Waals surface area contributed by atoms with Gasteiger partial charge in [0.05, 0.1) is 0 Å². The maximum atomic E-state index is 2.65. The highest BCUT2D eigenvalue weighted by Gasteiger charge is 2.48. The number of anilines is 14. The Kier molecular flexibility index (Phi) is 11.8. The molecular weight excluding hydrogens is 898 g/mol. The quantitative estimate of drug-likeness (QED) is 0.100. The van der Waals surface area contributed by atoms with Crippen LogP contribution in [0.5, 0.6) is 0 Å². The first-order valence-corrected chi connectivity index (χ1v) is 27.2. The summed E-state index contributed by atoms with van der Waals surface area (Å²) in [5, 5.41) is 0. The highest BCUT2D eigenvalue weighted by Crippen LogP contribution is 2.50. The molecule has 4 aliphatic rings. The van der Waals surface area contributed by atoms with Gasteiger partial charge < -0.3 is 29.4 Å². The summed E-state index contributed by atoms with van der Waals surface area (Å²) in [4.78, 5) is 15.5. The van der Waals surface area contributed by atoms with Crippen molar-refractivity contribution in [3.05, 3.63) is 206 Å². The lowest BCUT2D eigenvalue weighted by molar-refractivity contribution is 0.745. The Labute approximate surface area is 438 Å². The molecule has 9 aromatic rings. The van der Waals surface area contributed by atoms with Crippen molar-refractivity contribution in [1.29, 1.82) is 0 Å². The Balaban J connectivity index is 1.15. The van der Waals surface area contributed by atoms with Crippen molar-refractivity contribution in [2.24, 2.45) is 0 Å². The van der Waals surface area contributed by atoms with Gasteiger partial charge >= 0.3 is 0 Å². The second kappa shape index (κ2) is 19.1. The average Bonchev–Trinajstić information content (AvgIpc) is 3.45. The van der Waals surface area contributed by atoms with E-state index >= 15 is 0 Å². The maximum absolute atomic E-state index is 2.65. The van der Waals surface area contributed by atoms with Crippen molar-refractivity contribution in [2.75, 3.05) is 55.6 Å². The molecule has 74 heavy (non-hydrogen) atoms. The van der Waals surface area contributed by atoms with E-state index in [1.54, 1.807) is 0 Å². The molecule has 0 aliphatic carbocycles. The first-order valence-electron chi connectivity index (χ1n) is 27.2. The maximum Gasteiger partial charge on any atom is 0.252 e. The van der Waals surface area contributed by atoms with Crippen molar-refractivity contribution in [3.8, 4) is 0 Å². The Hall–Kier alpha value is -8.09. The standard InChI is InChI=1S/C66H62B2N6/c1-5-37-69(38-6-2)51-41-61-65-63(43-51)73(49-29-17-11-18-30-49)59-46-60-56(45-55(59)67(65)53-33-21-23-35-57(53)71(61)47-25-13-9-14-26-47)68-54-34-22-24-36-58(54)72(48-27-15-10-16-28-48)62-42-52(70(39-7-3)40-8-4)44-64(66(62)68)74(60)50-31-19-12-20-32-50/h9-36,41-46H,5-8,37-40H2,1-4H3. The molecule has 8 heteroatoms. The van der Waals surface area contributed by atoms with Crippen LogP contribution < -0.4 is 62.2 Å². The van der Waals surface area contributed by atoms with Gasteiger partial charge in [0.15, 0.2) is 0 Å². The smallest absolute Gasteiger partial charge is 0.252 e. The molecule has 0 aromatic heterocycles. The molecule has 0 spiro atoms. The Morgan fingerprint density at radius 1 is 0.284 bits per heavy atom. The zero-order chi connectivity index (χ0) is 49.9. The first kappa shape index (κ1) is 45.7. The molecule has 0 saturated heterocycles. The van der Waals surface area contributed by atoms with Crippen LogP contribution >= 0.6 is 0 Å². The van der Waals surface area contributed by atoms with Crippen LogP contribution in [0.3, 0.4) is 0 Å². The number of benzene rings is 9. The Bertz CT molecular complexity index is 3270. The van der Waals surface area contributed by atoms with Crippen LogP contribution in [0.2, 0.25) is 0 Å². The van der Waals surface area contributed by atoms with Crippen LogP contribution in [-0.4, -0.2) is 39.6 Å². The fourth-order valence-electron chi connectivity index (χ4n) is 13.0. The number of fused-ring (bicyclic) bond motifs is 8. The fourth-order valence-corrected chi connectivity index (χ4v) is 13.0. The van der Waals surface area contributed by atoms with Gasteiger partial charge in [-0.25, -0.2) is 0 Å². The van der Waals surface area contributed by atoms with Gasteiger partial charge in [0, 0.05) is 106 Å². The van der Waals surface area contributed by atoms with E-state index in [0.29, 0.717) is 0 Å². The molecule has 362 valence electrons. The predicted molar refractivity (Wildman–Crippen MR) is 320 cm³/mol. The topological polar surface area (TPSA) is 19.4 Å². The minimum absolute atomic E-state index is 0.0407. The molecular formula is C66H62B2N6. The Morgan fingerprint density at radius 2 is 0.568 bits per heavy atom. The van der Waals surface area contributed by atoms with Crippen LogP contribution in [0, 0.1) is 0 Å². The van der Waals surface area contributed by atoms with E-state index < -0.39 is 0 Å². The van der Waals surface area contributed by atoms with E-state index in [2.05, 4.69) is 263 Å². The molecule has 4 aliphatic heterocycles. The zero-order valence-corrected chi connectivity index (χ0v) is 43.1. The van der Waals surface area contributed by atoms with Gasteiger partial charge in [0.2, 0.25) is 0 Å². The zero-order valence-electron chi connectivity index (χ0n) is 43.1. The summed E-state index contributed by atoms with van der Waals surface area (Å²) >= 11 is 0. The molecule has 0 unspecified atom stereocenters. The van der Waals surface area contributed by atoms with Gasteiger partial charge in [-0.15, -0.1) is 0 Å². The SMILES string of the molecule is CCCN(CCC)c1cc2c3c(c1)N(c1ccccc1)c1cc4c(cc1B3c1ccccc1N2c1ccccc1)B1c2ccccc2N(c2ccccc2)c2cc(N(CCC)CCC)cc(c21)N4c1ccccc1. The van der Waals surface area contributed by atoms with Gasteiger partial charge in [-0.3, -0.25) is 0 Å². The third-order valence-corrected chi connectivity index (χ3v) is 15.8. The molecule has 0 atom stereocenters. The lowest BCUT2D eigenvalue weighted by atomic mass is 9.30. The summed E-state index contributed by atoms with van der Waals surface area (Å²) in [7, 11) is 0. The third kappa shape index (κ3) is 7.32. The summed E-state index contributed by atoms with van der Waals surface area (Å²) in [5.41, 5.74) is 24.9. The van der Waals surface area contributed by atoms with Gasteiger partial charge in [0.25, 0.3) is 13.4 Å². The summed E-state index contributed by atoms with van der Waals surface area (Å²) < 4.78 is 0. The van der Waals surface area contributed by atoms with Crippen molar-refractivity contribution >= 4 is 126 Å². The van der Waals surface area contributed by atoms with Gasteiger partial charge in [-0.05, 0) is 149 Å². The minimum atomic E-state index is -0.0407. The Morgan fingerprint density at radius 3 is 0.878 bits per heavy atom. The minimum Gasteiger partial charge on any atom is -0.371 e. The van der Waals surface area contributed by atoms with Crippen molar-refractivity contribution in [1.82, 2.24) is 0 Å². The van der Waals surface area contributed by atoms with Crippen LogP contribution in [0.25, 0.3) is 0 Å². The van der Waals surface area contributed by atoms with E-state index in [4.69, 9.17) is 0 Å². The van der Waals surface area contributed by atoms with Crippen LogP contribution in [0.1, 0.15) is 53.4 Å². The van der Waals surface area contributed by atoms with Gasteiger partial charge in [0.1, 0.15) is 0 Å². The fraction of sp³-hybridized carbons (Fsp3) is 0.182. The normalized spacial score (nSPS) is 13.4. The first-order chi connectivity index (χ1) is 36.6. The second-order valence-corrected chi connectivity index (χ2v) is 20.4. The van der Waals surface area contributed by atoms with Crippen LogP contribution in [0.15, 0.2) is 206 Å². The molecule has 0 N–H and O–H groups in total. The lowest BCUT2D eigenvalue weighted by Gasteiger charge is -2.48. The number of nitrogens with zero attached hydrogens (tertiary/aromatic N) is 6. The van der Waals surface area contributed by atoms with Crippen LogP contribution in [0.4, 0.5) is 79.6 Å². The van der Waals surface area contributed by atoms with E-state index in [1.807, 2.05) is 0 Å². The molecule has 0 radical (unpaired) electrons. The summed E-state index contributed by atoms with van der Waals surface area (Å²) in [6, 6.07) is 78.2. The largest absolute Gasteiger partial charge is 0.371 e. The average molecular weight is 961 g/mol. The van der Waals surface area contributed by atoms with Crippen molar-refractivity contribution in [3.63, 3.8) is 0 Å². The monoisotopic (exact) mass is 961 g/mol. The number of rotatable bonds is 14. The van der Waals surface area contributed by atoms with Crippen LogP contribution in [-0.2, 0) is 0 Å². The molecule has 9 aromatic carbocycles. The molecule has 0 bridgehead atoms. The van der Waals surface area contributed by atoms with E-state index in [9.17, 15) is 0 Å². The predicted octanol–water partition coefficient (Wildman–Crippen LogP) is 13.1. The summed E-state index contributed by atoms with van der Waals surface area (Å²) in [6.07, 6.45) is 4.28. The molecule has 13 rings (SSSR count). The molecule has 0 fully saturated rings. The molecule has 0 amide bonds. The van der Waals surface area contributed by atoms with Gasteiger partial charge in [-0.2, -0.15) is 0 Å². The number of hydrogen-bond acceptors (Lipinski definition) is 6. The lowest BCUT2D eigenvalue weighted by Crippen LogP contribution is -2.65. The van der Waals surface area contributed by atoms with E-state index in [-0.39, 0.29) is 13.4 Å². The highest BCUT2D eigenvalue weighted by molar-refractivity contribution is 7.03. The molecule has 4 heterocycles. The van der Waals surface area contributed by atoms with Crippen molar-refractivity contribution in [2.45, 2.75) is 53.4 Å². The van der Waals surface area contributed by atoms with E-state index in [1.165, 1.54) is 89.7 Å². The highest BCUT2D eigenvalue weighted by atomic mass is 15.2.